The third-order valence-corrected chi connectivity index (χ3v) is 5.36. The van der Waals surface area contributed by atoms with Crippen LogP contribution in [-0.2, 0) is 12.0 Å². The SMILES string of the molecule is CC1(C)CC[C@H]2C[C@@H](NCc3ncc[nH]3)c3cccc1c32. The Bertz CT molecular complexity index is 642. The molecule has 0 saturated carbocycles. The van der Waals surface area contributed by atoms with E-state index in [9.17, 15) is 0 Å². The van der Waals surface area contributed by atoms with Gasteiger partial charge in [-0.25, -0.2) is 4.98 Å². The average molecular weight is 281 g/mol. The number of imidazole rings is 1. The zero-order chi connectivity index (χ0) is 14.4. The molecule has 21 heavy (non-hydrogen) atoms. The van der Waals surface area contributed by atoms with Gasteiger partial charge in [-0.1, -0.05) is 32.0 Å². The van der Waals surface area contributed by atoms with Gasteiger partial charge in [0.25, 0.3) is 0 Å². The van der Waals surface area contributed by atoms with Crippen LogP contribution in [-0.4, -0.2) is 9.97 Å². The lowest BCUT2D eigenvalue weighted by molar-refractivity contribution is 0.380. The summed E-state index contributed by atoms with van der Waals surface area (Å²) in [7, 11) is 0. The van der Waals surface area contributed by atoms with Gasteiger partial charge in [0.15, 0.2) is 0 Å². The Morgan fingerprint density at radius 3 is 3.10 bits per heavy atom. The molecule has 2 N–H and O–H groups in total. The summed E-state index contributed by atoms with van der Waals surface area (Å²) in [6.07, 6.45) is 7.58. The van der Waals surface area contributed by atoms with E-state index in [0.717, 1.165) is 18.3 Å². The Morgan fingerprint density at radius 2 is 2.29 bits per heavy atom. The maximum Gasteiger partial charge on any atom is 0.120 e. The molecule has 0 unspecified atom stereocenters. The zero-order valence-corrected chi connectivity index (χ0v) is 12.8. The highest BCUT2D eigenvalue weighted by Crippen LogP contribution is 2.52. The number of aromatic nitrogens is 2. The molecule has 1 aromatic heterocycles. The van der Waals surface area contributed by atoms with Crippen molar-refractivity contribution in [1.82, 2.24) is 15.3 Å². The fourth-order valence-electron chi connectivity index (χ4n) is 4.20. The van der Waals surface area contributed by atoms with Crippen LogP contribution in [0.4, 0.5) is 0 Å². The number of benzene rings is 1. The highest BCUT2D eigenvalue weighted by atomic mass is 15.0. The molecular formula is C18H23N3. The normalized spacial score (nSPS) is 25.8. The molecule has 2 aromatic rings. The lowest BCUT2D eigenvalue weighted by atomic mass is 9.69. The van der Waals surface area contributed by atoms with Crippen LogP contribution in [0.25, 0.3) is 0 Å². The number of hydrogen-bond acceptors (Lipinski definition) is 2. The first kappa shape index (κ1) is 13.1. The topological polar surface area (TPSA) is 40.7 Å². The molecular weight excluding hydrogens is 258 g/mol. The fraction of sp³-hybridized carbons (Fsp3) is 0.500. The third-order valence-electron chi connectivity index (χ3n) is 5.36. The largest absolute Gasteiger partial charge is 0.348 e. The van der Waals surface area contributed by atoms with E-state index in [1.54, 1.807) is 11.1 Å². The van der Waals surface area contributed by atoms with Crippen LogP contribution in [0, 0.1) is 0 Å². The smallest absolute Gasteiger partial charge is 0.120 e. The first-order valence-corrected chi connectivity index (χ1v) is 8.00. The fourth-order valence-corrected chi connectivity index (χ4v) is 4.20. The first-order valence-electron chi connectivity index (χ1n) is 8.00. The highest BCUT2D eigenvalue weighted by molar-refractivity contribution is 5.48. The molecule has 0 amide bonds. The van der Waals surface area contributed by atoms with Gasteiger partial charge in [-0.05, 0) is 47.3 Å². The maximum absolute atomic E-state index is 4.31. The molecule has 2 aliphatic carbocycles. The van der Waals surface area contributed by atoms with Crippen molar-refractivity contribution in [2.45, 2.75) is 57.0 Å². The number of nitrogens with zero attached hydrogens (tertiary/aromatic N) is 1. The van der Waals surface area contributed by atoms with Gasteiger partial charge in [0.1, 0.15) is 5.82 Å². The predicted molar refractivity (Wildman–Crippen MR) is 84.2 cm³/mol. The van der Waals surface area contributed by atoms with E-state index in [-0.39, 0.29) is 0 Å². The number of aromatic amines is 1. The summed E-state index contributed by atoms with van der Waals surface area (Å²) in [5, 5.41) is 3.69. The molecule has 0 bridgehead atoms. The van der Waals surface area contributed by atoms with Gasteiger partial charge >= 0.3 is 0 Å². The van der Waals surface area contributed by atoms with Crippen molar-refractivity contribution in [3.63, 3.8) is 0 Å². The van der Waals surface area contributed by atoms with E-state index in [1.807, 2.05) is 12.4 Å². The summed E-state index contributed by atoms with van der Waals surface area (Å²) in [5.41, 5.74) is 5.08. The minimum Gasteiger partial charge on any atom is -0.348 e. The third kappa shape index (κ3) is 2.11. The lowest BCUT2D eigenvalue weighted by Gasteiger charge is -2.35. The average Bonchev–Trinajstić information content (AvgIpc) is 3.10. The molecule has 0 radical (unpaired) electrons. The minimum absolute atomic E-state index is 0.331. The summed E-state index contributed by atoms with van der Waals surface area (Å²) in [6, 6.07) is 7.38. The van der Waals surface area contributed by atoms with E-state index in [4.69, 9.17) is 0 Å². The number of hydrogen-bond donors (Lipinski definition) is 2. The van der Waals surface area contributed by atoms with E-state index in [2.05, 4.69) is 47.3 Å². The highest BCUT2D eigenvalue weighted by Gasteiger charge is 2.40. The van der Waals surface area contributed by atoms with Crippen LogP contribution in [0.5, 0.6) is 0 Å². The van der Waals surface area contributed by atoms with E-state index >= 15 is 0 Å². The van der Waals surface area contributed by atoms with E-state index in [0.29, 0.717) is 11.5 Å². The Morgan fingerprint density at radius 1 is 1.38 bits per heavy atom. The molecule has 4 rings (SSSR count). The Kier molecular flexibility index (Phi) is 2.93. The van der Waals surface area contributed by atoms with Gasteiger partial charge in [0, 0.05) is 18.4 Å². The lowest BCUT2D eigenvalue weighted by Crippen LogP contribution is -2.25. The number of rotatable bonds is 3. The van der Waals surface area contributed by atoms with Gasteiger partial charge in [-0.15, -0.1) is 0 Å². The molecule has 1 heterocycles. The molecule has 0 spiro atoms. The summed E-state index contributed by atoms with van der Waals surface area (Å²) >= 11 is 0. The van der Waals surface area contributed by atoms with Gasteiger partial charge in [0.05, 0.1) is 6.54 Å². The first-order chi connectivity index (χ1) is 10.1. The van der Waals surface area contributed by atoms with Gasteiger partial charge in [-0.3, -0.25) is 0 Å². The molecule has 110 valence electrons. The summed E-state index contributed by atoms with van der Waals surface area (Å²) < 4.78 is 0. The van der Waals surface area contributed by atoms with Crippen molar-refractivity contribution in [3.8, 4) is 0 Å². The van der Waals surface area contributed by atoms with Crippen LogP contribution >= 0.6 is 0 Å². The van der Waals surface area contributed by atoms with Crippen LogP contribution in [0.3, 0.4) is 0 Å². The Hall–Kier alpha value is -1.61. The molecule has 2 atom stereocenters. The van der Waals surface area contributed by atoms with Gasteiger partial charge < -0.3 is 10.3 Å². The summed E-state index contributed by atoms with van der Waals surface area (Å²) in [4.78, 5) is 7.48. The van der Waals surface area contributed by atoms with Crippen molar-refractivity contribution in [2.75, 3.05) is 0 Å². The number of H-pyrrole nitrogens is 1. The Labute approximate surface area is 126 Å². The van der Waals surface area contributed by atoms with Crippen molar-refractivity contribution in [3.05, 3.63) is 53.1 Å². The number of nitrogens with one attached hydrogen (secondary N) is 2. The maximum atomic E-state index is 4.31. The second kappa shape index (κ2) is 4.70. The second-order valence-corrected chi connectivity index (χ2v) is 7.13. The minimum atomic E-state index is 0.331. The van der Waals surface area contributed by atoms with Crippen LogP contribution < -0.4 is 5.32 Å². The monoisotopic (exact) mass is 281 g/mol. The van der Waals surface area contributed by atoms with E-state index < -0.39 is 0 Å². The van der Waals surface area contributed by atoms with E-state index in [1.165, 1.54) is 24.8 Å². The van der Waals surface area contributed by atoms with Crippen molar-refractivity contribution in [1.29, 1.82) is 0 Å². The molecule has 0 aliphatic heterocycles. The standard InChI is InChI=1S/C18H23N3/c1-18(2)7-6-12-10-15(21-11-16-19-8-9-20-16)13-4-3-5-14(18)17(12)13/h3-5,8-9,12,15,21H,6-7,10-11H2,1-2H3,(H,19,20)/t12-,15+/m0/s1. The molecule has 0 saturated heterocycles. The molecule has 2 aliphatic rings. The van der Waals surface area contributed by atoms with Crippen LogP contribution in [0.1, 0.15) is 67.6 Å². The summed E-state index contributed by atoms with van der Waals surface area (Å²) in [5.74, 6) is 1.77. The predicted octanol–water partition coefficient (Wildman–Crippen LogP) is 3.80. The van der Waals surface area contributed by atoms with Gasteiger partial charge in [0.2, 0.25) is 0 Å². The van der Waals surface area contributed by atoms with Crippen molar-refractivity contribution < 1.29 is 0 Å². The second-order valence-electron chi connectivity index (χ2n) is 7.13. The van der Waals surface area contributed by atoms with Crippen molar-refractivity contribution >= 4 is 0 Å². The molecule has 3 heteroatoms. The summed E-state index contributed by atoms with van der Waals surface area (Å²) in [6.45, 7) is 5.60. The quantitative estimate of drug-likeness (QED) is 0.898. The van der Waals surface area contributed by atoms with Crippen LogP contribution in [0.2, 0.25) is 0 Å². The van der Waals surface area contributed by atoms with Crippen molar-refractivity contribution in [2.24, 2.45) is 0 Å². The van der Waals surface area contributed by atoms with Gasteiger partial charge in [-0.2, -0.15) is 0 Å². The molecule has 1 aromatic carbocycles. The van der Waals surface area contributed by atoms with Crippen LogP contribution in [0.15, 0.2) is 30.6 Å². The Balaban J connectivity index is 1.63. The molecule has 0 fully saturated rings. The zero-order valence-electron chi connectivity index (χ0n) is 12.8. The molecule has 3 nitrogen and oxygen atoms in total.